The van der Waals surface area contributed by atoms with Crippen molar-refractivity contribution in [3.8, 4) is 0 Å². The first kappa shape index (κ1) is 45.7. The van der Waals surface area contributed by atoms with Crippen LogP contribution in [-0.2, 0) is 19.1 Å². The van der Waals surface area contributed by atoms with E-state index in [-0.39, 0.29) is 25.9 Å². The van der Waals surface area contributed by atoms with Crippen molar-refractivity contribution in [3.63, 3.8) is 0 Å². The van der Waals surface area contributed by atoms with Crippen molar-refractivity contribution in [3.05, 3.63) is 48.6 Å². The second-order valence-electron chi connectivity index (χ2n) is 13.1. The van der Waals surface area contributed by atoms with Gasteiger partial charge in [0.2, 0.25) is 0 Å². The maximum atomic E-state index is 12.2. The van der Waals surface area contributed by atoms with E-state index in [0.29, 0.717) is 6.42 Å². The predicted molar refractivity (Wildman–Crippen MR) is 195 cm³/mol. The first-order valence-corrected chi connectivity index (χ1v) is 18.9. The fourth-order valence-electron chi connectivity index (χ4n) is 5.09. The van der Waals surface area contributed by atoms with Crippen molar-refractivity contribution < 1.29 is 39.5 Å². The van der Waals surface area contributed by atoms with Crippen LogP contribution in [0.4, 0.5) is 0 Å². The van der Waals surface area contributed by atoms with Gasteiger partial charge in [-0.3, -0.25) is 9.59 Å². The molecule has 0 saturated heterocycles. The number of esters is 2. The van der Waals surface area contributed by atoms with Gasteiger partial charge in [0, 0.05) is 12.8 Å². The van der Waals surface area contributed by atoms with Crippen LogP contribution in [0.3, 0.4) is 0 Å². The Hall–Kier alpha value is -2.26. The number of carbonyl (C=O) groups is 2. The van der Waals surface area contributed by atoms with Gasteiger partial charge in [0.15, 0.2) is 6.10 Å². The molecule has 0 aromatic heterocycles. The highest BCUT2D eigenvalue weighted by atomic mass is 16.6. The molecular formula is C40H70O8. The van der Waals surface area contributed by atoms with E-state index in [2.05, 4.69) is 20.8 Å². The van der Waals surface area contributed by atoms with Gasteiger partial charge >= 0.3 is 11.9 Å². The molecule has 0 radical (unpaired) electrons. The number of aliphatic hydroxyl groups is 4. The Balaban J connectivity index is 3.95. The molecule has 0 aromatic carbocycles. The highest BCUT2D eigenvalue weighted by Gasteiger charge is 2.17. The lowest BCUT2D eigenvalue weighted by atomic mass is 9.99. The molecule has 0 aliphatic heterocycles. The van der Waals surface area contributed by atoms with E-state index in [1.807, 2.05) is 6.08 Å². The minimum atomic E-state index is -1.08. The smallest absolute Gasteiger partial charge is 0.306 e. The third-order valence-corrected chi connectivity index (χ3v) is 8.53. The van der Waals surface area contributed by atoms with E-state index in [0.717, 1.165) is 50.9 Å². The molecule has 0 spiro atoms. The molecule has 4 N–H and O–H groups in total. The molecule has 0 aliphatic carbocycles. The van der Waals surface area contributed by atoms with E-state index >= 15 is 0 Å². The van der Waals surface area contributed by atoms with E-state index < -0.39 is 43.0 Å². The summed E-state index contributed by atoms with van der Waals surface area (Å²) in [6, 6.07) is 0. The molecule has 5 atom stereocenters. The van der Waals surface area contributed by atoms with Gasteiger partial charge in [-0.1, -0.05) is 159 Å². The number of allylic oxidation sites excluding steroid dienone is 6. The van der Waals surface area contributed by atoms with Crippen LogP contribution in [0.1, 0.15) is 149 Å². The van der Waals surface area contributed by atoms with Gasteiger partial charge in [0.05, 0.1) is 24.9 Å². The molecule has 0 saturated carbocycles. The summed E-state index contributed by atoms with van der Waals surface area (Å²) >= 11 is 0. The van der Waals surface area contributed by atoms with Crippen molar-refractivity contribution in [2.45, 2.75) is 174 Å². The predicted octanol–water partition coefficient (Wildman–Crippen LogP) is 8.22. The minimum Gasteiger partial charge on any atom is -0.462 e. The second kappa shape index (κ2) is 33.2. The van der Waals surface area contributed by atoms with Gasteiger partial charge in [-0.2, -0.15) is 0 Å². The summed E-state index contributed by atoms with van der Waals surface area (Å²) in [5.74, 6) is -0.0693. The summed E-state index contributed by atoms with van der Waals surface area (Å²) in [5.41, 5.74) is 0. The first-order chi connectivity index (χ1) is 23.2. The number of rotatable bonds is 32. The van der Waals surface area contributed by atoms with Gasteiger partial charge in [0.25, 0.3) is 0 Å². The van der Waals surface area contributed by atoms with Crippen molar-refractivity contribution in [2.24, 2.45) is 5.92 Å². The lowest BCUT2D eigenvalue weighted by Crippen LogP contribution is -2.28. The molecule has 0 aromatic rings. The summed E-state index contributed by atoms with van der Waals surface area (Å²) < 4.78 is 10.4. The van der Waals surface area contributed by atoms with Gasteiger partial charge in [-0.15, -0.1) is 0 Å². The Kier molecular flexibility index (Phi) is 31.7. The maximum absolute atomic E-state index is 12.2. The van der Waals surface area contributed by atoms with Gasteiger partial charge in [0.1, 0.15) is 6.61 Å². The van der Waals surface area contributed by atoms with E-state index in [1.165, 1.54) is 63.9 Å². The molecule has 8 heteroatoms. The monoisotopic (exact) mass is 679 g/mol. The molecular weight excluding hydrogens is 608 g/mol. The number of unbranched alkanes of at least 4 members (excludes halogenated alkanes) is 11. The van der Waals surface area contributed by atoms with Crippen molar-refractivity contribution in [1.82, 2.24) is 0 Å². The van der Waals surface area contributed by atoms with Crippen LogP contribution in [0, 0.1) is 5.92 Å². The van der Waals surface area contributed by atoms with Crippen LogP contribution < -0.4 is 0 Å². The maximum Gasteiger partial charge on any atom is 0.306 e. The highest BCUT2D eigenvalue weighted by molar-refractivity contribution is 5.70. The normalized spacial score (nSPS) is 15.4. The van der Waals surface area contributed by atoms with Crippen LogP contribution in [0.2, 0.25) is 0 Å². The van der Waals surface area contributed by atoms with Gasteiger partial charge in [-0.25, -0.2) is 0 Å². The third kappa shape index (κ3) is 29.8. The number of carbonyl (C=O) groups excluding carboxylic acids is 2. The summed E-state index contributed by atoms with van der Waals surface area (Å²) in [6.45, 7) is 6.07. The average Bonchev–Trinajstić information content (AvgIpc) is 3.07. The molecule has 0 heterocycles. The largest absolute Gasteiger partial charge is 0.462 e. The zero-order valence-electron chi connectivity index (χ0n) is 30.5. The van der Waals surface area contributed by atoms with E-state index in [4.69, 9.17) is 9.47 Å². The zero-order valence-corrected chi connectivity index (χ0v) is 30.5. The standard InChI is InChI=1S/C40H70O8/c1-4-6-19-26-35(42)27-21-16-13-14-17-22-28-37(43)38(44)29-24-31-39(45)47-33-36(32-41)48-40(46)30-23-18-12-10-8-7-9-11-15-20-25-34(3)5-2/h13-14,16-17,21-22,27-28,34-38,41-44H,4-12,15,18-20,23-26,29-33H2,1-3H3/b16-13-,17-14+,27-21+,28-22+/t34?,35-,36+,37-,38-/m1/s1. The van der Waals surface area contributed by atoms with Crippen LogP contribution in [0.25, 0.3) is 0 Å². The van der Waals surface area contributed by atoms with Crippen LogP contribution in [0.15, 0.2) is 48.6 Å². The van der Waals surface area contributed by atoms with E-state index in [9.17, 15) is 30.0 Å². The number of aliphatic hydroxyl groups excluding tert-OH is 4. The van der Waals surface area contributed by atoms with Gasteiger partial charge < -0.3 is 29.9 Å². The molecule has 278 valence electrons. The number of hydrogen-bond donors (Lipinski definition) is 4. The highest BCUT2D eigenvalue weighted by Crippen LogP contribution is 2.16. The third-order valence-electron chi connectivity index (χ3n) is 8.53. The molecule has 48 heavy (non-hydrogen) atoms. The first-order valence-electron chi connectivity index (χ1n) is 18.9. The van der Waals surface area contributed by atoms with Crippen LogP contribution in [0.5, 0.6) is 0 Å². The summed E-state index contributed by atoms with van der Waals surface area (Å²) in [7, 11) is 0. The Morgan fingerprint density at radius 3 is 1.77 bits per heavy atom. The Morgan fingerprint density at radius 2 is 1.17 bits per heavy atom. The summed E-state index contributed by atoms with van der Waals surface area (Å²) in [5, 5.41) is 39.7. The molecule has 8 nitrogen and oxygen atoms in total. The summed E-state index contributed by atoms with van der Waals surface area (Å²) in [4.78, 5) is 24.3. The molecule has 0 aliphatic rings. The Labute approximate surface area is 292 Å². The van der Waals surface area contributed by atoms with Crippen LogP contribution >= 0.6 is 0 Å². The molecule has 0 amide bonds. The van der Waals surface area contributed by atoms with Crippen LogP contribution in [-0.4, -0.2) is 70.0 Å². The zero-order chi connectivity index (χ0) is 35.7. The Morgan fingerprint density at radius 1 is 0.625 bits per heavy atom. The van der Waals surface area contributed by atoms with Crippen molar-refractivity contribution >= 4 is 11.9 Å². The lowest BCUT2D eigenvalue weighted by Gasteiger charge is -2.16. The lowest BCUT2D eigenvalue weighted by molar-refractivity contribution is -0.161. The van der Waals surface area contributed by atoms with Gasteiger partial charge in [-0.05, 0) is 31.6 Å². The SMILES string of the molecule is CCCCC[C@@H](O)/C=C/C=C\C=C\C=C\[C@@H](O)[C@H](O)CCCC(=O)OC[C@H](CO)OC(=O)CCCCCCCCCCCCC(C)CC. The average molecular weight is 679 g/mol. The number of hydrogen-bond acceptors (Lipinski definition) is 8. The topological polar surface area (TPSA) is 134 Å². The fraction of sp³-hybridized carbons (Fsp3) is 0.750. The molecule has 0 bridgehead atoms. The van der Waals surface area contributed by atoms with Crippen molar-refractivity contribution in [2.75, 3.05) is 13.2 Å². The fourth-order valence-corrected chi connectivity index (χ4v) is 5.09. The number of ether oxygens (including phenoxy) is 2. The second-order valence-corrected chi connectivity index (χ2v) is 13.1. The molecule has 0 fully saturated rings. The minimum absolute atomic E-state index is 0.0311. The quantitative estimate of drug-likeness (QED) is 0.0318. The summed E-state index contributed by atoms with van der Waals surface area (Å²) in [6.07, 6.45) is 29.7. The van der Waals surface area contributed by atoms with Crippen molar-refractivity contribution in [1.29, 1.82) is 0 Å². The molecule has 0 rings (SSSR count). The van der Waals surface area contributed by atoms with E-state index in [1.54, 1.807) is 36.5 Å². The Bertz CT molecular complexity index is 880. The molecule has 1 unspecified atom stereocenters.